The maximum Gasteiger partial charge on any atom is 0.348 e. The quantitative estimate of drug-likeness (QED) is 0.260. The van der Waals surface area contributed by atoms with Crippen LogP contribution >= 0.6 is 34.4 Å². The van der Waals surface area contributed by atoms with Crippen LogP contribution < -0.4 is 5.32 Å². The predicted octanol–water partition coefficient (Wildman–Crippen LogP) is 6.23. The van der Waals surface area contributed by atoms with E-state index < -0.39 is 17.2 Å². The molecule has 2 heterocycles. The fourth-order valence-corrected chi connectivity index (χ4v) is 8.03. The molecule has 1 aliphatic carbocycles. The second-order valence-corrected chi connectivity index (χ2v) is 11.9. The molecule has 0 aliphatic heterocycles. The number of thioether (sulfide) groups is 1. The molecule has 1 aliphatic rings. The average Bonchev–Trinajstić information content (AvgIpc) is 3.41. The maximum atomic E-state index is 13.3. The second kappa shape index (κ2) is 11.5. The first-order valence-electron chi connectivity index (χ1n) is 11.9. The number of rotatable bonds is 8. The van der Waals surface area contributed by atoms with Gasteiger partial charge in [-0.3, -0.25) is 4.79 Å². The summed E-state index contributed by atoms with van der Waals surface area (Å²) in [6.45, 7) is 7.38. The predicted molar refractivity (Wildman–Crippen MR) is 147 cm³/mol. The lowest BCUT2D eigenvalue weighted by atomic mass is 9.89. The van der Waals surface area contributed by atoms with Crippen LogP contribution in [0.3, 0.4) is 0 Å². The molecule has 0 bridgehead atoms. The van der Waals surface area contributed by atoms with Gasteiger partial charge in [0.1, 0.15) is 15.9 Å². The summed E-state index contributed by atoms with van der Waals surface area (Å²) in [6, 6.07) is 10.2. The van der Waals surface area contributed by atoms with Gasteiger partial charge >= 0.3 is 11.9 Å². The number of amides is 1. The highest BCUT2D eigenvalue weighted by atomic mass is 32.2. The molecule has 4 rings (SSSR count). The van der Waals surface area contributed by atoms with Crippen molar-refractivity contribution in [3.8, 4) is 16.5 Å². The molecule has 1 atom stereocenters. The molecule has 0 saturated heterocycles. The number of anilines is 1. The number of hydrogen-bond donors (Lipinski definition) is 1. The molecule has 0 saturated carbocycles. The Morgan fingerprint density at radius 2 is 1.81 bits per heavy atom. The lowest BCUT2D eigenvalue weighted by molar-refractivity contribution is -0.115. The minimum absolute atomic E-state index is 0.233. The molecule has 0 spiro atoms. The Hall–Kier alpha value is -3.13. The van der Waals surface area contributed by atoms with Crippen LogP contribution in [0.2, 0.25) is 0 Å². The zero-order valence-corrected chi connectivity index (χ0v) is 23.4. The molecule has 1 N–H and O–H groups in total. The van der Waals surface area contributed by atoms with Crippen molar-refractivity contribution >= 4 is 57.3 Å². The van der Waals surface area contributed by atoms with Gasteiger partial charge in [0, 0.05) is 4.88 Å². The van der Waals surface area contributed by atoms with E-state index >= 15 is 0 Å². The molecule has 192 valence electrons. The van der Waals surface area contributed by atoms with Gasteiger partial charge in [-0.05, 0) is 62.8 Å². The summed E-state index contributed by atoms with van der Waals surface area (Å²) in [6.07, 6.45) is 1.50. The monoisotopic (exact) mass is 554 g/mol. The smallest absolute Gasteiger partial charge is 0.348 e. The topological polar surface area (TPSA) is 105 Å². The first-order valence-corrected chi connectivity index (χ1v) is 14.4. The van der Waals surface area contributed by atoms with Crippen molar-refractivity contribution in [1.82, 2.24) is 0 Å². The van der Waals surface area contributed by atoms with Crippen molar-refractivity contribution in [2.24, 2.45) is 0 Å². The number of benzene rings is 1. The van der Waals surface area contributed by atoms with Gasteiger partial charge in [0.15, 0.2) is 0 Å². The molecule has 0 fully saturated rings. The Bertz CT molecular complexity index is 1420. The van der Waals surface area contributed by atoms with Gasteiger partial charge in [0.05, 0.1) is 33.8 Å². The fraction of sp³-hybridized carbons (Fsp3) is 0.333. The molecule has 37 heavy (non-hydrogen) atoms. The number of hydrogen-bond acceptors (Lipinski definition) is 9. The molecule has 1 aromatic carbocycles. The maximum absolute atomic E-state index is 13.3. The Balaban J connectivity index is 1.62. The molecule has 1 unspecified atom stereocenters. The number of ether oxygens (including phenoxy) is 2. The number of fused-ring (bicyclic) bond motifs is 3. The van der Waals surface area contributed by atoms with Crippen LogP contribution in [0.4, 0.5) is 5.00 Å². The summed E-state index contributed by atoms with van der Waals surface area (Å²) < 4.78 is 11.0. The van der Waals surface area contributed by atoms with E-state index in [-0.39, 0.29) is 19.1 Å². The van der Waals surface area contributed by atoms with Gasteiger partial charge in [-0.1, -0.05) is 24.3 Å². The number of nitrogens with one attached hydrogen (secondary N) is 1. The number of carbonyl (C=O) groups excluding carboxylic acids is 3. The summed E-state index contributed by atoms with van der Waals surface area (Å²) in [5, 5.41) is 12.5. The summed E-state index contributed by atoms with van der Waals surface area (Å²) in [5.41, 5.74) is 4.52. The highest BCUT2D eigenvalue weighted by molar-refractivity contribution is 8.02. The van der Waals surface area contributed by atoms with Crippen molar-refractivity contribution in [1.29, 1.82) is 5.26 Å². The minimum atomic E-state index is -0.596. The lowest BCUT2D eigenvalue weighted by Crippen LogP contribution is -2.23. The SMILES string of the molecule is CCOC(=O)c1sc(SC(C)C(=O)Nc2sc3c(c2C(=O)OCC)CCc2ccccc2-3)c(C#N)c1C. The van der Waals surface area contributed by atoms with Crippen molar-refractivity contribution in [3.05, 3.63) is 57.0 Å². The normalized spacial score (nSPS) is 12.6. The molecule has 10 heteroatoms. The summed E-state index contributed by atoms with van der Waals surface area (Å²) in [7, 11) is 0. The number of nitrogens with zero attached hydrogens (tertiary/aromatic N) is 1. The minimum Gasteiger partial charge on any atom is -0.462 e. The highest BCUT2D eigenvalue weighted by Gasteiger charge is 2.31. The van der Waals surface area contributed by atoms with E-state index in [0.29, 0.717) is 37.2 Å². The van der Waals surface area contributed by atoms with Crippen molar-refractivity contribution < 1.29 is 23.9 Å². The van der Waals surface area contributed by atoms with Crippen molar-refractivity contribution in [2.75, 3.05) is 18.5 Å². The summed E-state index contributed by atoms with van der Waals surface area (Å²) in [5.74, 6) is -1.24. The molecule has 1 amide bonds. The summed E-state index contributed by atoms with van der Waals surface area (Å²) >= 11 is 3.74. The fourth-order valence-electron chi connectivity index (χ4n) is 4.17. The van der Waals surface area contributed by atoms with Crippen LogP contribution in [0.25, 0.3) is 10.4 Å². The van der Waals surface area contributed by atoms with Crippen LogP contribution in [0.5, 0.6) is 0 Å². The van der Waals surface area contributed by atoms with Gasteiger partial charge < -0.3 is 14.8 Å². The average molecular weight is 555 g/mol. The van der Waals surface area contributed by atoms with E-state index in [1.807, 2.05) is 18.2 Å². The van der Waals surface area contributed by atoms with E-state index in [2.05, 4.69) is 17.5 Å². The number of thiophene rings is 2. The Morgan fingerprint density at radius 3 is 2.51 bits per heavy atom. The lowest BCUT2D eigenvalue weighted by Gasteiger charge is -2.16. The largest absolute Gasteiger partial charge is 0.462 e. The van der Waals surface area contributed by atoms with E-state index in [0.717, 1.165) is 33.8 Å². The van der Waals surface area contributed by atoms with Crippen molar-refractivity contribution in [2.45, 2.75) is 50.0 Å². The van der Waals surface area contributed by atoms with Crippen LogP contribution in [0, 0.1) is 18.3 Å². The molecule has 7 nitrogen and oxygen atoms in total. The molecular weight excluding hydrogens is 529 g/mol. The van der Waals surface area contributed by atoms with Crippen LogP contribution in [0.1, 0.15) is 63.1 Å². The Labute approximate surface area is 227 Å². The van der Waals surface area contributed by atoms with Gasteiger partial charge in [-0.25, -0.2) is 9.59 Å². The van der Waals surface area contributed by atoms with Crippen LogP contribution in [-0.2, 0) is 27.1 Å². The Kier molecular flexibility index (Phi) is 8.37. The third-order valence-electron chi connectivity index (χ3n) is 5.97. The number of esters is 2. The Morgan fingerprint density at radius 1 is 1.11 bits per heavy atom. The third kappa shape index (κ3) is 5.30. The standard InChI is InChI=1S/C27H26N2O5S3/c1-5-33-25(31)20-18-12-11-16-9-7-8-10-17(16)22(18)36-24(20)29-23(30)15(4)35-27-19(13-28)14(3)21(37-27)26(32)34-6-2/h7-10,15H,5-6,11-12H2,1-4H3,(H,29,30). The molecule has 2 aromatic heterocycles. The highest BCUT2D eigenvalue weighted by Crippen LogP contribution is 2.46. The van der Waals surface area contributed by atoms with Crippen molar-refractivity contribution in [3.63, 3.8) is 0 Å². The van der Waals surface area contributed by atoms with Gasteiger partial charge in [0.2, 0.25) is 5.91 Å². The van der Waals surface area contributed by atoms with Gasteiger partial charge in [-0.15, -0.1) is 34.4 Å². The van der Waals surface area contributed by atoms with E-state index in [1.165, 1.54) is 28.7 Å². The number of aryl methyl sites for hydroxylation is 1. The second-order valence-electron chi connectivity index (χ2n) is 8.29. The van der Waals surface area contributed by atoms with Crippen LogP contribution in [0.15, 0.2) is 28.5 Å². The first kappa shape index (κ1) is 26.9. The molecule has 3 aromatic rings. The number of nitriles is 1. The van der Waals surface area contributed by atoms with E-state index in [1.54, 1.807) is 27.7 Å². The van der Waals surface area contributed by atoms with E-state index in [4.69, 9.17) is 9.47 Å². The molecular formula is C27H26N2O5S3. The number of carbonyl (C=O) groups is 3. The first-order chi connectivity index (χ1) is 17.8. The summed E-state index contributed by atoms with van der Waals surface area (Å²) in [4.78, 5) is 39.9. The van der Waals surface area contributed by atoms with Gasteiger partial charge in [0.25, 0.3) is 0 Å². The molecule has 0 radical (unpaired) electrons. The van der Waals surface area contributed by atoms with Gasteiger partial charge in [-0.2, -0.15) is 5.26 Å². The van der Waals surface area contributed by atoms with E-state index in [9.17, 15) is 19.6 Å². The zero-order chi connectivity index (χ0) is 26.7. The third-order valence-corrected chi connectivity index (χ3v) is 9.74. The zero-order valence-electron chi connectivity index (χ0n) is 20.9. The van der Waals surface area contributed by atoms with Crippen LogP contribution in [-0.4, -0.2) is 36.3 Å².